The number of hydrogen-bond donors (Lipinski definition) is 0. The van der Waals surface area contributed by atoms with Gasteiger partial charge in [-0.1, -0.05) is 11.6 Å². The zero-order valence-electron chi connectivity index (χ0n) is 11.6. The van der Waals surface area contributed by atoms with Gasteiger partial charge >= 0.3 is 5.97 Å². The summed E-state index contributed by atoms with van der Waals surface area (Å²) in [6.07, 6.45) is 4.37. The quantitative estimate of drug-likeness (QED) is 0.638. The third-order valence-electron chi connectivity index (χ3n) is 2.96. The van der Waals surface area contributed by atoms with E-state index in [0.717, 1.165) is 5.56 Å². The minimum absolute atomic E-state index is 0.0949. The van der Waals surface area contributed by atoms with Crippen molar-refractivity contribution < 1.29 is 23.4 Å². The SMILES string of the molecule is O=C(/C=C/c1ccco1)OCc1cc(Cl)c2c(c1)OCCO2. The number of carbonyl (C=O) groups is 1. The Morgan fingerprint density at radius 1 is 1.32 bits per heavy atom. The molecule has 0 saturated heterocycles. The number of furan rings is 1. The standard InChI is InChI=1S/C16H13ClO5/c17-13-8-11(9-14-16(13)21-7-6-20-14)10-22-15(18)4-3-12-2-1-5-19-12/h1-5,8-9H,6-7,10H2/b4-3+. The van der Waals surface area contributed by atoms with Gasteiger partial charge in [-0.25, -0.2) is 4.79 Å². The van der Waals surface area contributed by atoms with E-state index in [9.17, 15) is 4.79 Å². The van der Waals surface area contributed by atoms with Gasteiger partial charge < -0.3 is 18.6 Å². The zero-order valence-corrected chi connectivity index (χ0v) is 12.3. The lowest BCUT2D eigenvalue weighted by Crippen LogP contribution is -2.16. The number of rotatable bonds is 4. The fraction of sp³-hybridized carbons (Fsp3) is 0.188. The van der Waals surface area contributed by atoms with Gasteiger partial charge in [0.1, 0.15) is 25.6 Å². The molecule has 0 radical (unpaired) electrons. The largest absolute Gasteiger partial charge is 0.486 e. The minimum Gasteiger partial charge on any atom is -0.486 e. The molecule has 0 aliphatic carbocycles. The lowest BCUT2D eigenvalue weighted by atomic mass is 10.2. The molecule has 0 N–H and O–H groups in total. The normalized spacial score (nSPS) is 13.3. The van der Waals surface area contributed by atoms with E-state index in [1.807, 2.05) is 0 Å². The highest BCUT2D eigenvalue weighted by Gasteiger charge is 2.17. The third-order valence-corrected chi connectivity index (χ3v) is 3.25. The first kappa shape index (κ1) is 14.5. The Morgan fingerprint density at radius 2 is 2.18 bits per heavy atom. The van der Waals surface area contributed by atoms with Crippen LogP contribution in [0.3, 0.4) is 0 Å². The van der Waals surface area contributed by atoms with Gasteiger partial charge in [-0.15, -0.1) is 0 Å². The Labute approximate surface area is 132 Å². The lowest BCUT2D eigenvalue weighted by Gasteiger charge is -2.20. The molecule has 2 aromatic rings. The molecule has 0 unspecified atom stereocenters. The molecule has 0 fully saturated rings. The molecule has 2 heterocycles. The van der Waals surface area contributed by atoms with Gasteiger partial charge in [0, 0.05) is 6.08 Å². The summed E-state index contributed by atoms with van der Waals surface area (Å²) in [4.78, 5) is 11.6. The molecule has 1 aromatic carbocycles. The summed E-state index contributed by atoms with van der Waals surface area (Å²) < 4.78 is 21.1. The summed E-state index contributed by atoms with van der Waals surface area (Å²) in [5.74, 6) is 1.21. The molecule has 6 heteroatoms. The topological polar surface area (TPSA) is 57.9 Å². The van der Waals surface area contributed by atoms with E-state index in [1.54, 1.807) is 30.3 Å². The van der Waals surface area contributed by atoms with Crippen LogP contribution in [-0.2, 0) is 16.1 Å². The molecular weight excluding hydrogens is 308 g/mol. The highest BCUT2D eigenvalue weighted by atomic mass is 35.5. The van der Waals surface area contributed by atoms with Crippen LogP contribution < -0.4 is 9.47 Å². The summed E-state index contributed by atoms with van der Waals surface area (Å²) >= 11 is 6.12. The highest BCUT2D eigenvalue weighted by molar-refractivity contribution is 6.32. The van der Waals surface area contributed by atoms with Crippen molar-refractivity contribution in [1.82, 2.24) is 0 Å². The predicted molar refractivity (Wildman–Crippen MR) is 80.0 cm³/mol. The van der Waals surface area contributed by atoms with Gasteiger partial charge in [-0.05, 0) is 35.9 Å². The second-order valence-electron chi connectivity index (χ2n) is 4.56. The smallest absolute Gasteiger partial charge is 0.331 e. The molecule has 1 aromatic heterocycles. The Hall–Kier alpha value is -2.40. The maximum absolute atomic E-state index is 11.6. The molecular formula is C16H13ClO5. The second kappa shape index (κ2) is 6.58. The highest BCUT2D eigenvalue weighted by Crippen LogP contribution is 2.38. The van der Waals surface area contributed by atoms with E-state index in [1.165, 1.54) is 12.3 Å². The van der Waals surface area contributed by atoms with Gasteiger partial charge in [0.05, 0.1) is 11.3 Å². The van der Waals surface area contributed by atoms with Crippen molar-refractivity contribution in [1.29, 1.82) is 0 Å². The van der Waals surface area contributed by atoms with Crippen molar-refractivity contribution in [3.8, 4) is 11.5 Å². The van der Waals surface area contributed by atoms with Crippen LogP contribution >= 0.6 is 11.6 Å². The maximum atomic E-state index is 11.6. The Morgan fingerprint density at radius 3 is 3.00 bits per heavy atom. The summed E-state index contributed by atoms with van der Waals surface area (Å²) in [5.41, 5.74) is 0.731. The molecule has 0 atom stereocenters. The van der Waals surface area contributed by atoms with E-state index >= 15 is 0 Å². The molecule has 0 saturated carbocycles. The molecule has 22 heavy (non-hydrogen) atoms. The first-order valence-electron chi connectivity index (χ1n) is 6.69. The summed E-state index contributed by atoms with van der Waals surface area (Å²) in [6, 6.07) is 6.93. The van der Waals surface area contributed by atoms with Crippen LogP contribution in [0, 0.1) is 0 Å². The van der Waals surface area contributed by atoms with E-state index in [0.29, 0.717) is 35.5 Å². The maximum Gasteiger partial charge on any atom is 0.331 e. The second-order valence-corrected chi connectivity index (χ2v) is 4.97. The van der Waals surface area contributed by atoms with Crippen molar-refractivity contribution in [2.24, 2.45) is 0 Å². The molecule has 5 nitrogen and oxygen atoms in total. The van der Waals surface area contributed by atoms with Crippen LogP contribution in [-0.4, -0.2) is 19.2 Å². The van der Waals surface area contributed by atoms with E-state index in [4.69, 9.17) is 30.2 Å². The number of ether oxygens (including phenoxy) is 3. The zero-order chi connectivity index (χ0) is 15.4. The van der Waals surface area contributed by atoms with Crippen molar-refractivity contribution >= 4 is 23.6 Å². The van der Waals surface area contributed by atoms with Crippen molar-refractivity contribution in [2.75, 3.05) is 13.2 Å². The average molecular weight is 321 g/mol. The van der Waals surface area contributed by atoms with E-state index in [-0.39, 0.29) is 6.61 Å². The summed E-state index contributed by atoms with van der Waals surface area (Å²) in [7, 11) is 0. The Bertz CT molecular complexity index is 691. The number of hydrogen-bond acceptors (Lipinski definition) is 5. The van der Waals surface area contributed by atoms with Crippen molar-refractivity contribution in [2.45, 2.75) is 6.61 Å². The molecule has 3 rings (SSSR count). The number of carbonyl (C=O) groups excluding carboxylic acids is 1. The monoisotopic (exact) mass is 320 g/mol. The van der Waals surface area contributed by atoms with E-state index < -0.39 is 5.97 Å². The Balaban J connectivity index is 1.61. The third kappa shape index (κ3) is 3.43. The summed E-state index contributed by atoms with van der Waals surface area (Å²) in [6.45, 7) is 1.04. The first-order valence-corrected chi connectivity index (χ1v) is 7.06. The van der Waals surface area contributed by atoms with Gasteiger partial charge in [-0.2, -0.15) is 0 Å². The molecule has 1 aliphatic rings. The molecule has 0 spiro atoms. The van der Waals surface area contributed by atoms with Crippen LogP contribution in [0.4, 0.5) is 0 Å². The van der Waals surface area contributed by atoms with Crippen LogP contribution in [0.2, 0.25) is 5.02 Å². The minimum atomic E-state index is -0.470. The van der Waals surface area contributed by atoms with Crippen LogP contribution in [0.25, 0.3) is 6.08 Å². The fourth-order valence-corrected chi connectivity index (χ4v) is 2.27. The van der Waals surface area contributed by atoms with Gasteiger partial charge in [0.2, 0.25) is 0 Å². The fourth-order valence-electron chi connectivity index (χ4n) is 1.99. The van der Waals surface area contributed by atoms with Gasteiger partial charge in [0.15, 0.2) is 11.5 Å². The predicted octanol–water partition coefficient (Wildman–Crippen LogP) is 3.46. The summed E-state index contributed by atoms with van der Waals surface area (Å²) in [5, 5.41) is 0.439. The van der Waals surface area contributed by atoms with Crippen LogP contribution in [0.1, 0.15) is 11.3 Å². The van der Waals surface area contributed by atoms with Gasteiger partial charge in [0.25, 0.3) is 0 Å². The lowest BCUT2D eigenvalue weighted by molar-refractivity contribution is -0.138. The van der Waals surface area contributed by atoms with Crippen LogP contribution in [0.15, 0.2) is 41.0 Å². The Kier molecular flexibility index (Phi) is 4.34. The van der Waals surface area contributed by atoms with Crippen molar-refractivity contribution in [3.05, 3.63) is 53.0 Å². The molecule has 114 valence electrons. The average Bonchev–Trinajstić information content (AvgIpc) is 3.04. The molecule has 0 bridgehead atoms. The van der Waals surface area contributed by atoms with Crippen molar-refractivity contribution in [3.63, 3.8) is 0 Å². The first-order chi connectivity index (χ1) is 10.7. The van der Waals surface area contributed by atoms with Crippen LogP contribution in [0.5, 0.6) is 11.5 Å². The number of esters is 1. The van der Waals surface area contributed by atoms with Gasteiger partial charge in [-0.3, -0.25) is 0 Å². The number of halogens is 1. The number of benzene rings is 1. The van der Waals surface area contributed by atoms with E-state index in [2.05, 4.69) is 0 Å². The molecule has 0 amide bonds. The number of fused-ring (bicyclic) bond motifs is 1. The molecule has 1 aliphatic heterocycles.